The smallest absolute Gasteiger partial charge is 0.270 e. The summed E-state index contributed by atoms with van der Waals surface area (Å²) in [5, 5.41) is 10.6. The quantitative estimate of drug-likeness (QED) is 0.357. The third-order valence-electron chi connectivity index (χ3n) is 4.43. The lowest BCUT2D eigenvalue weighted by atomic mass is 10.1. The molecule has 9 heteroatoms. The Balaban J connectivity index is 1.64. The van der Waals surface area contributed by atoms with Crippen molar-refractivity contribution in [3.63, 3.8) is 0 Å². The monoisotopic (exact) mass is 415 g/mol. The molecule has 4 rings (SSSR count). The molecular formula is C19H17N3O4S2. The van der Waals surface area contributed by atoms with Gasteiger partial charge in [0.1, 0.15) is 5.25 Å². The fourth-order valence-electron chi connectivity index (χ4n) is 3.00. The number of nitro groups is 1. The molecule has 2 heterocycles. The van der Waals surface area contributed by atoms with Crippen LogP contribution in [0.2, 0.25) is 0 Å². The Labute approximate surface area is 169 Å². The predicted molar refractivity (Wildman–Crippen MR) is 109 cm³/mol. The Morgan fingerprint density at radius 3 is 2.68 bits per heavy atom. The van der Waals surface area contributed by atoms with Crippen molar-refractivity contribution >= 4 is 44.9 Å². The maximum atomic E-state index is 13.2. The van der Waals surface area contributed by atoms with Crippen LogP contribution < -0.4 is 0 Å². The van der Waals surface area contributed by atoms with Crippen molar-refractivity contribution in [1.82, 2.24) is 9.88 Å². The molecule has 0 bridgehead atoms. The summed E-state index contributed by atoms with van der Waals surface area (Å²) in [5.41, 5.74) is 1.65. The van der Waals surface area contributed by atoms with Gasteiger partial charge < -0.3 is 9.64 Å². The van der Waals surface area contributed by atoms with Gasteiger partial charge in [-0.15, -0.1) is 11.3 Å². The SMILES string of the molecule is O=C([C@H](Sc1nc2ccc([N+](=O)[O-])cc2s1)c1ccccc1)N1CCOCC1. The molecular weight excluding hydrogens is 398 g/mol. The zero-order valence-corrected chi connectivity index (χ0v) is 16.4. The standard InChI is InChI=1S/C19H17N3O4S2/c23-18(21-8-10-26-11-9-21)17(13-4-2-1-3-5-13)28-19-20-15-7-6-14(22(24)25)12-16(15)27-19/h1-7,12,17H,8-11H2/t17-/m1/s1. The van der Waals surface area contributed by atoms with Crippen molar-refractivity contribution in [2.24, 2.45) is 0 Å². The van der Waals surface area contributed by atoms with Crippen LogP contribution in [0.15, 0.2) is 52.9 Å². The van der Waals surface area contributed by atoms with E-state index in [0.29, 0.717) is 36.2 Å². The van der Waals surface area contributed by atoms with Crippen LogP contribution in [-0.4, -0.2) is 47.0 Å². The number of carbonyl (C=O) groups excluding carboxylic acids is 1. The third-order valence-corrected chi connectivity index (χ3v) is 6.79. The number of nitro benzene ring substituents is 1. The second kappa shape index (κ2) is 8.26. The Morgan fingerprint density at radius 1 is 1.21 bits per heavy atom. The van der Waals surface area contributed by atoms with Gasteiger partial charge in [-0.2, -0.15) is 0 Å². The number of non-ortho nitro benzene ring substituents is 1. The van der Waals surface area contributed by atoms with E-state index in [9.17, 15) is 14.9 Å². The van der Waals surface area contributed by atoms with Gasteiger partial charge in [0.25, 0.3) is 5.69 Å². The van der Waals surface area contributed by atoms with E-state index in [2.05, 4.69) is 4.98 Å². The number of morpholine rings is 1. The molecule has 1 aliphatic heterocycles. The second-order valence-corrected chi connectivity index (χ2v) is 8.62. The number of fused-ring (bicyclic) bond motifs is 1. The zero-order valence-electron chi connectivity index (χ0n) is 14.8. The van der Waals surface area contributed by atoms with Gasteiger partial charge in [0, 0.05) is 25.2 Å². The minimum absolute atomic E-state index is 0.0322. The molecule has 1 fully saturated rings. The molecule has 0 saturated carbocycles. The molecule has 144 valence electrons. The zero-order chi connectivity index (χ0) is 19.5. The highest BCUT2D eigenvalue weighted by Crippen LogP contribution is 2.41. The van der Waals surface area contributed by atoms with E-state index in [1.54, 1.807) is 6.07 Å². The van der Waals surface area contributed by atoms with Gasteiger partial charge >= 0.3 is 0 Å². The van der Waals surface area contributed by atoms with Gasteiger partial charge in [-0.3, -0.25) is 14.9 Å². The molecule has 0 unspecified atom stereocenters. The van der Waals surface area contributed by atoms with Crippen LogP contribution in [-0.2, 0) is 9.53 Å². The average molecular weight is 415 g/mol. The highest BCUT2D eigenvalue weighted by Gasteiger charge is 2.29. The Kier molecular flexibility index (Phi) is 5.56. The van der Waals surface area contributed by atoms with Crippen LogP contribution in [0.1, 0.15) is 10.8 Å². The van der Waals surface area contributed by atoms with E-state index in [-0.39, 0.29) is 11.6 Å². The fraction of sp³-hybridized carbons (Fsp3) is 0.263. The number of hydrogen-bond acceptors (Lipinski definition) is 7. The summed E-state index contributed by atoms with van der Waals surface area (Å²) in [6, 6.07) is 14.2. The number of aromatic nitrogens is 1. The van der Waals surface area contributed by atoms with Crippen molar-refractivity contribution in [2.45, 2.75) is 9.59 Å². The number of hydrogen-bond donors (Lipinski definition) is 0. The summed E-state index contributed by atoms with van der Waals surface area (Å²) in [5.74, 6) is 0.0322. The first-order valence-corrected chi connectivity index (χ1v) is 10.4. The maximum absolute atomic E-state index is 13.2. The molecule has 7 nitrogen and oxygen atoms in total. The summed E-state index contributed by atoms with van der Waals surface area (Å²) in [6.07, 6.45) is 0. The van der Waals surface area contributed by atoms with Crippen molar-refractivity contribution in [2.75, 3.05) is 26.3 Å². The van der Waals surface area contributed by atoms with E-state index in [1.807, 2.05) is 35.2 Å². The van der Waals surface area contributed by atoms with Crippen molar-refractivity contribution in [1.29, 1.82) is 0 Å². The number of carbonyl (C=O) groups is 1. The largest absolute Gasteiger partial charge is 0.378 e. The minimum Gasteiger partial charge on any atom is -0.378 e. The highest BCUT2D eigenvalue weighted by atomic mass is 32.2. The molecule has 1 amide bonds. The second-order valence-electron chi connectivity index (χ2n) is 6.24. The molecule has 28 heavy (non-hydrogen) atoms. The summed E-state index contributed by atoms with van der Waals surface area (Å²) in [7, 11) is 0. The first-order chi connectivity index (χ1) is 13.6. The number of thiazole rings is 1. The molecule has 0 N–H and O–H groups in total. The predicted octanol–water partition coefficient (Wildman–Crippen LogP) is 3.90. The topological polar surface area (TPSA) is 85.6 Å². The summed E-state index contributed by atoms with van der Waals surface area (Å²) >= 11 is 2.76. The average Bonchev–Trinajstić information content (AvgIpc) is 3.14. The molecule has 2 aromatic carbocycles. The summed E-state index contributed by atoms with van der Waals surface area (Å²) in [6.45, 7) is 2.25. The normalized spacial score (nSPS) is 15.5. The van der Waals surface area contributed by atoms with E-state index < -0.39 is 10.2 Å². The van der Waals surface area contributed by atoms with Crippen molar-refractivity contribution in [3.8, 4) is 0 Å². The number of benzene rings is 2. The molecule has 1 atom stereocenters. The third kappa shape index (κ3) is 4.01. The van der Waals surface area contributed by atoms with Crippen LogP contribution in [0, 0.1) is 10.1 Å². The van der Waals surface area contributed by atoms with Crippen LogP contribution in [0.25, 0.3) is 10.2 Å². The van der Waals surface area contributed by atoms with Crippen molar-refractivity contribution in [3.05, 3.63) is 64.2 Å². The molecule has 1 aliphatic rings. The molecule has 3 aromatic rings. The minimum atomic E-state index is -0.421. The number of thioether (sulfide) groups is 1. The van der Waals surface area contributed by atoms with Crippen LogP contribution in [0.5, 0.6) is 0 Å². The highest BCUT2D eigenvalue weighted by molar-refractivity contribution is 8.02. The van der Waals surface area contributed by atoms with Gasteiger partial charge in [-0.05, 0) is 11.6 Å². The lowest BCUT2D eigenvalue weighted by Crippen LogP contribution is -2.42. The molecule has 0 spiro atoms. The van der Waals surface area contributed by atoms with Gasteiger partial charge in [0.05, 0.1) is 28.4 Å². The van der Waals surface area contributed by atoms with Gasteiger partial charge in [-0.25, -0.2) is 4.98 Å². The van der Waals surface area contributed by atoms with Gasteiger partial charge in [0.15, 0.2) is 4.34 Å². The van der Waals surface area contributed by atoms with Crippen LogP contribution in [0.3, 0.4) is 0 Å². The lowest BCUT2D eigenvalue weighted by molar-refractivity contribution is -0.384. The van der Waals surface area contributed by atoms with E-state index >= 15 is 0 Å². The number of nitrogens with zero attached hydrogens (tertiary/aromatic N) is 3. The molecule has 1 saturated heterocycles. The first-order valence-electron chi connectivity index (χ1n) is 8.75. The van der Waals surface area contributed by atoms with Gasteiger partial charge in [-0.1, -0.05) is 42.1 Å². The Hall–Kier alpha value is -2.49. The lowest BCUT2D eigenvalue weighted by Gasteiger charge is -2.30. The van der Waals surface area contributed by atoms with E-state index in [0.717, 1.165) is 10.3 Å². The van der Waals surface area contributed by atoms with Gasteiger partial charge in [0.2, 0.25) is 5.91 Å². The first kappa shape index (κ1) is 18.9. The van der Waals surface area contributed by atoms with Crippen LogP contribution in [0.4, 0.5) is 5.69 Å². The number of rotatable bonds is 5. The molecule has 0 radical (unpaired) electrons. The Morgan fingerprint density at radius 2 is 1.96 bits per heavy atom. The summed E-state index contributed by atoms with van der Waals surface area (Å²) in [4.78, 5) is 30.2. The maximum Gasteiger partial charge on any atom is 0.270 e. The van der Waals surface area contributed by atoms with Crippen LogP contribution >= 0.6 is 23.1 Å². The fourth-order valence-corrected chi connectivity index (χ4v) is 5.37. The molecule has 1 aromatic heterocycles. The van der Waals surface area contributed by atoms with Crippen molar-refractivity contribution < 1.29 is 14.5 Å². The van der Waals surface area contributed by atoms with E-state index in [4.69, 9.17) is 4.74 Å². The number of amides is 1. The molecule has 0 aliphatic carbocycles. The number of ether oxygens (including phenoxy) is 1. The Bertz CT molecular complexity index is 1000. The van der Waals surface area contributed by atoms with E-state index in [1.165, 1.54) is 35.2 Å². The summed E-state index contributed by atoms with van der Waals surface area (Å²) < 4.78 is 6.81.